The molecule has 14 heteroatoms. The number of carbonyl (C=O) groups is 1. The van der Waals surface area contributed by atoms with Gasteiger partial charge in [0, 0.05) is 64.7 Å². The molecular weight excluding hydrogens is 853 g/mol. The van der Waals surface area contributed by atoms with Gasteiger partial charge in [-0.1, -0.05) is 23.7 Å². The minimum Gasteiger partial charge on any atom is -0.455 e. The third-order valence-electron chi connectivity index (χ3n) is 11.3. The molecule has 3 N–H and O–H groups in total. The number of aryl methyl sites for hydroxylation is 3. The highest BCUT2D eigenvalue weighted by atomic mass is 16.5. The number of hydrogen-bond donors (Lipinski definition) is 3. The molecule has 14 nitrogen and oxygen atoms in total. The third-order valence-corrected chi connectivity index (χ3v) is 11.3. The molecule has 4 aromatic heterocycles. The zero-order valence-electron chi connectivity index (χ0n) is 38.1. The van der Waals surface area contributed by atoms with Gasteiger partial charge in [-0.25, -0.2) is 19.9 Å². The van der Waals surface area contributed by atoms with Crippen molar-refractivity contribution >= 4 is 50.7 Å². The van der Waals surface area contributed by atoms with Gasteiger partial charge in [-0.2, -0.15) is 0 Å². The highest BCUT2D eigenvalue weighted by Crippen LogP contribution is 2.36. The summed E-state index contributed by atoms with van der Waals surface area (Å²) in [7, 11) is 1.49. The van der Waals surface area contributed by atoms with Gasteiger partial charge in [0.15, 0.2) is 0 Å². The lowest BCUT2D eigenvalue weighted by molar-refractivity contribution is -0.130. The molecule has 1 aliphatic rings. The van der Waals surface area contributed by atoms with Crippen molar-refractivity contribution in [2.45, 2.75) is 39.8 Å². The smallest absolute Gasteiger partial charge is 0.271 e. The summed E-state index contributed by atoms with van der Waals surface area (Å²) < 4.78 is 18.3. The fraction of sp³-hybridized carbons (Fsp3) is 0.204. The second kappa shape index (κ2) is 20.8. The van der Waals surface area contributed by atoms with Crippen molar-refractivity contribution in [1.29, 1.82) is 0 Å². The highest BCUT2D eigenvalue weighted by molar-refractivity contribution is 5.96. The molecule has 1 amide bonds. The maximum absolute atomic E-state index is 14.3. The highest BCUT2D eigenvalue weighted by Gasteiger charge is 2.30. The van der Waals surface area contributed by atoms with Crippen LogP contribution in [0.15, 0.2) is 128 Å². The Bertz CT molecular complexity index is 3230. The molecule has 0 spiro atoms. The van der Waals surface area contributed by atoms with Crippen LogP contribution in [0.4, 0.5) is 23.0 Å². The molecule has 1 saturated heterocycles. The van der Waals surface area contributed by atoms with Gasteiger partial charge in [-0.15, -0.1) is 0 Å². The molecule has 1 fully saturated rings. The SMILES string of the molecule is COC(C(=O)NCC#Cc1ccc2ncnc(Nc3ccc(Oc4cccnc4)c(C)c3)c2c1)N(c1ccc(Oc2ccc(C)nc2)c(C)c1)c1ncnc2ccc(C#CC3CCCNC3)cc12. The summed E-state index contributed by atoms with van der Waals surface area (Å²) in [4.78, 5) is 43.0. The lowest BCUT2D eigenvalue weighted by Crippen LogP contribution is -2.46. The summed E-state index contributed by atoms with van der Waals surface area (Å²) in [5.74, 6) is 16.7. The van der Waals surface area contributed by atoms with E-state index >= 15 is 0 Å². The Morgan fingerprint density at radius 3 is 2.26 bits per heavy atom. The Kier molecular flexibility index (Phi) is 13.7. The first-order valence-corrected chi connectivity index (χ1v) is 22.2. The van der Waals surface area contributed by atoms with Gasteiger partial charge < -0.3 is 30.2 Å². The largest absolute Gasteiger partial charge is 0.455 e. The lowest BCUT2D eigenvalue weighted by atomic mass is 10.00. The molecule has 9 rings (SSSR count). The van der Waals surface area contributed by atoms with Gasteiger partial charge in [0.1, 0.15) is 47.3 Å². The predicted octanol–water partition coefficient (Wildman–Crippen LogP) is 9.25. The fourth-order valence-corrected chi connectivity index (χ4v) is 7.82. The van der Waals surface area contributed by atoms with Gasteiger partial charge >= 0.3 is 0 Å². The number of rotatable bonds is 12. The van der Waals surface area contributed by atoms with E-state index in [9.17, 15) is 4.79 Å². The molecule has 0 aliphatic carbocycles. The fourth-order valence-electron chi connectivity index (χ4n) is 7.82. The van der Waals surface area contributed by atoms with Crippen LogP contribution in [-0.2, 0) is 9.53 Å². The maximum atomic E-state index is 14.3. The Hall–Kier alpha value is -8.43. The van der Waals surface area contributed by atoms with Crippen LogP contribution in [0.25, 0.3) is 21.8 Å². The average Bonchev–Trinajstić information content (AvgIpc) is 3.36. The minimum absolute atomic E-state index is 0.0321. The van der Waals surface area contributed by atoms with Crippen LogP contribution in [0.1, 0.15) is 40.8 Å². The number of carbonyl (C=O) groups excluding carboxylic acids is 1. The lowest BCUT2D eigenvalue weighted by Gasteiger charge is -2.31. The van der Waals surface area contributed by atoms with Crippen LogP contribution >= 0.6 is 0 Å². The van der Waals surface area contributed by atoms with Gasteiger partial charge in [-0.3, -0.25) is 19.7 Å². The van der Waals surface area contributed by atoms with Gasteiger partial charge in [0.2, 0.25) is 6.23 Å². The van der Waals surface area contributed by atoms with E-state index in [0.29, 0.717) is 45.5 Å². The molecule has 0 radical (unpaired) electrons. The number of methoxy groups -OCH3 is 1. The zero-order chi connectivity index (χ0) is 46.8. The van der Waals surface area contributed by atoms with E-state index in [-0.39, 0.29) is 12.5 Å². The quantitative estimate of drug-likeness (QED) is 0.0787. The van der Waals surface area contributed by atoms with E-state index in [1.165, 1.54) is 19.8 Å². The van der Waals surface area contributed by atoms with E-state index in [2.05, 4.69) is 64.6 Å². The number of nitrogens with one attached hydrogen (secondary N) is 3. The minimum atomic E-state index is -1.17. The average molecular weight is 901 g/mol. The third kappa shape index (κ3) is 10.6. The van der Waals surface area contributed by atoms with Gasteiger partial charge in [-0.05, 0) is 148 Å². The number of fused-ring (bicyclic) bond motifs is 2. The van der Waals surface area contributed by atoms with Crippen molar-refractivity contribution < 1.29 is 19.0 Å². The molecule has 2 unspecified atom stereocenters. The number of nitrogens with zero attached hydrogens (tertiary/aromatic N) is 7. The summed E-state index contributed by atoms with van der Waals surface area (Å²) in [5, 5.41) is 11.3. The molecule has 5 heterocycles. The van der Waals surface area contributed by atoms with Crippen molar-refractivity contribution in [1.82, 2.24) is 40.5 Å². The molecule has 68 heavy (non-hydrogen) atoms. The zero-order valence-corrected chi connectivity index (χ0v) is 38.1. The first-order chi connectivity index (χ1) is 33.3. The Labute approximate surface area is 394 Å². The summed E-state index contributed by atoms with van der Waals surface area (Å²) in [6, 6.07) is 30.5. The maximum Gasteiger partial charge on any atom is 0.271 e. The number of amides is 1. The van der Waals surface area contributed by atoms with E-state index in [1.54, 1.807) is 23.5 Å². The number of pyridine rings is 2. The Morgan fingerprint density at radius 1 is 0.794 bits per heavy atom. The summed E-state index contributed by atoms with van der Waals surface area (Å²) in [6.45, 7) is 7.77. The number of piperidine rings is 1. The van der Waals surface area contributed by atoms with Crippen LogP contribution in [-0.4, -0.2) is 68.8 Å². The molecule has 8 aromatic rings. The van der Waals surface area contributed by atoms with Crippen molar-refractivity contribution in [2.24, 2.45) is 5.92 Å². The van der Waals surface area contributed by atoms with Crippen molar-refractivity contribution in [3.05, 3.63) is 156 Å². The summed E-state index contributed by atoms with van der Waals surface area (Å²) in [6.07, 6.45) is 9.06. The normalized spacial score (nSPS) is 13.6. The molecule has 1 aliphatic heterocycles. The van der Waals surface area contributed by atoms with Crippen molar-refractivity contribution in [3.63, 3.8) is 0 Å². The van der Waals surface area contributed by atoms with E-state index in [1.807, 2.05) is 118 Å². The Balaban J connectivity index is 0.965. The van der Waals surface area contributed by atoms with Crippen molar-refractivity contribution in [3.8, 4) is 46.7 Å². The first kappa shape index (κ1) is 44.8. The first-order valence-electron chi connectivity index (χ1n) is 22.2. The van der Waals surface area contributed by atoms with Crippen LogP contribution in [0.5, 0.6) is 23.0 Å². The van der Waals surface area contributed by atoms with Gasteiger partial charge in [0.25, 0.3) is 5.91 Å². The Morgan fingerprint density at radius 2 is 1.54 bits per heavy atom. The molecule has 4 aromatic carbocycles. The molecule has 338 valence electrons. The number of hydrogen-bond acceptors (Lipinski definition) is 13. The summed E-state index contributed by atoms with van der Waals surface area (Å²) >= 11 is 0. The number of anilines is 4. The number of ether oxygens (including phenoxy) is 3. The number of benzene rings is 4. The van der Waals surface area contributed by atoms with Crippen LogP contribution < -0.4 is 30.3 Å². The van der Waals surface area contributed by atoms with E-state index in [4.69, 9.17) is 19.2 Å². The second-order valence-corrected chi connectivity index (χ2v) is 16.3. The summed E-state index contributed by atoms with van der Waals surface area (Å²) in [5.41, 5.74) is 7.09. The van der Waals surface area contributed by atoms with E-state index < -0.39 is 12.1 Å². The molecular formula is C54H48N10O4. The van der Waals surface area contributed by atoms with Gasteiger partial charge in [0.05, 0.1) is 30.0 Å². The standard InChI is InChI=1S/C54H48N10O4/c1-35-26-41(16-21-49(35)67-43-10-7-24-56-31-43)63-51-45-28-38(14-19-47(45)59-33-61-51)8-6-25-57-53(65)54(66-4)64(42-17-22-50(36(2)27-42)68-44-18-11-37(3)58-32-44)52-46-29-39(15-20-48(46)60-34-62-52)12-13-40-9-5-23-55-30-40/h7,10-11,14-22,24,26-29,31-34,40,54-55H,5,9,23,25,30H2,1-4H3,(H,57,65)(H,59,61,63). The number of aromatic nitrogens is 6. The second-order valence-electron chi connectivity index (χ2n) is 16.3. The van der Waals surface area contributed by atoms with Crippen molar-refractivity contribution in [2.75, 3.05) is 37.0 Å². The molecule has 2 atom stereocenters. The molecule has 0 bridgehead atoms. The van der Waals surface area contributed by atoms with Crippen LogP contribution in [0, 0.1) is 50.4 Å². The van der Waals surface area contributed by atoms with Crippen LogP contribution in [0.2, 0.25) is 0 Å². The predicted molar refractivity (Wildman–Crippen MR) is 263 cm³/mol. The molecule has 0 saturated carbocycles. The monoisotopic (exact) mass is 900 g/mol. The van der Waals surface area contributed by atoms with E-state index in [0.717, 1.165) is 76.2 Å². The van der Waals surface area contributed by atoms with Crippen LogP contribution in [0.3, 0.4) is 0 Å². The topological polar surface area (TPSA) is 161 Å².